The van der Waals surface area contributed by atoms with Gasteiger partial charge in [0.05, 0.1) is 29.6 Å². The lowest BCUT2D eigenvalue weighted by Gasteiger charge is -2.32. The highest BCUT2D eigenvalue weighted by Crippen LogP contribution is 2.31. The highest BCUT2D eigenvalue weighted by atomic mass is 32.2. The number of benzene rings is 2. The number of nitrogens with one attached hydrogen (secondary N) is 1. The molecule has 0 radical (unpaired) electrons. The van der Waals surface area contributed by atoms with Crippen LogP contribution in [0.25, 0.3) is 10.9 Å². The Hall–Kier alpha value is -3.28. The van der Waals surface area contributed by atoms with Crippen LogP contribution >= 0.6 is 0 Å². The van der Waals surface area contributed by atoms with Gasteiger partial charge >= 0.3 is 0 Å². The summed E-state index contributed by atoms with van der Waals surface area (Å²) in [5.74, 6) is -0.251. The molecule has 0 saturated carbocycles. The SMILES string of the molecule is CN(C[C@@H](c1cccc(F)c1)N1CC[C@H](O)C1)C(=O)COc1ccc(NS(C)(=O)=O)c2ncccc12. The number of aromatic nitrogens is 1. The molecule has 1 aromatic heterocycles. The van der Waals surface area contributed by atoms with Crippen molar-refractivity contribution in [2.75, 3.05) is 44.3 Å². The summed E-state index contributed by atoms with van der Waals surface area (Å²) >= 11 is 0. The normalized spacial score (nSPS) is 17.2. The number of amides is 1. The summed E-state index contributed by atoms with van der Waals surface area (Å²) in [4.78, 5) is 20.8. The van der Waals surface area contributed by atoms with Crippen LogP contribution in [0.3, 0.4) is 0 Å². The standard InChI is InChI=1S/C25H29FN4O5S/c1-29(15-22(30-12-10-19(31)14-30)17-5-3-6-18(26)13-17)24(32)16-35-23-9-8-21(28-36(2,33)34)25-20(23)7-4-11-27-25/h3-9,11,13,19,22,28,31H,10,12,14-16H2,1-2H3/t19-,22-/m0/s1. The van der Waals surface area contributed by atoms with Gasteiger partial charge in [-0.1, -0.05) is 12.1 Å². The molecule has 0 aliphatic carbocycles. The van der Waals surface area contributed by atoms with Crippen molar-refractivity contribution in [3.8, 4) is 5.75 Å². The second kappa shape index (κ2) is 10.8. The van der Waals surface area contributed by atoms with Crippen molar-refractivity contribution in [1.82, 2.24) is 14.8 Å². The number of halogens is 1. The molecular weight excluding hydrogens is 487 g/mol. The smallest absolute Gasteiger partial charge is 0.260 e. The molecule has 0 bridgehead atoms. The van der Waals surface area contributed by atoms with Gasteiger partial charge in [-0.05, 0) is 48.4 Å². The van der Waals surface area contributed by atoms with E-state index in [1.54, 1.807) is 43.6 Å². The van der Waals surface area contributed by atoms with E-state index in [1.165, 1.54) is 17.0 Å². The number of carbonyl (C=O) groups is 1. The highest BCUT2D eigenvalue weighted by molar-refractivity contribution is 7.92. The molecule has 2 aromatic carbocycles. The van der Waals surface area contributed by atoms with Crippen LogP contribution in [0, 0.1) is 5.82 Å². The zero-order valence-electron chi connectivity index (χ0n) is 20.1. The summed E-state index contributed by atoms with van der Waals surface area (Å²) in [6.45, 7) is 1.13. The zero-order chi connectivity index (χ0) is 25.9. The Bertz CT molecular complexity index is 1350. The molecule has 11 heteroatoms. The lowest BCUT2D eigenvalue weighted by molar-refractivity contribution is -0.132. The van der Waals surface area contributed by atoms with Crippen molar-refractivity contribution in [3.05, 3.63) is 66.1 Å². The average Bonchev–Trinajstić information content (AvgIpc) is 3.26. The maximum atomic E-state index is 13.9. The fourth-order valence-corrected chi connectivity index (χ4v) is 4.93. The van der Waals surface area contributed by atoms with Crippen LogP contribution < -0.4 is 9.46 Å². The zero-order valence-corrected chi connectivity index (χ0v) is 20.9. The first-order valence-electron chi connectivity index (χ1n) is 11.5. The van der Waals surface area contributed by atoms with E-state index in [4.69, 9.17) is 4.74 Å². The molecule has 1 aliphatic heterocycles. The van der Waals surface area contributed by atoms with E-state index in [1.807, 2.05) is 6.07 Å². The first kappa shape index (κ1) is 25.8. The van der Waals surface area contributed by atoms with E-state index in [2.05, 4.69) is 14.6 Å². The molecule has 2 heterocycles. The van der Waals surface area contributed by atoms with Crippen molar-refractivity contribution in [2.24, 2.45) is 0 Å². The van der Waals surface area contributed by atoms with E-state index in [0.717, 1.165) is 11.8 Å². The van der Waals surface area contributed by atoms with Gasteiger partial charge in [0.25, 0.3) is 5.91 Å². The third-order valence-electron chi connectivity index (χ3n) is 6.12. The summed E-state index contributed by atoms with van der Waals surface area (Å²) < 4.78 is 45.5. The molecule has 9 nitrogen and oxygen atoms in total. The number of carbonyl (C=O) groups excluding carboxylic acids is 1. The number of fused-ring (bicyclic) bond motifs is 1. The van der Waals surface area contributed by atoms with Gasteiger partial charge in [0.1, 0.15) is 11.6 Å². The maximum Gasteiger partial charge on any atom is 0.260 e. The Morgan fingerprint density at radius 3 is 2.81 bits per heavy atom. The fourth-order valence-electron chi connectivity index (χ4n) is 4.36. The third kappa shape index (κ3) is 6.28. The van der Waals surface area contributed by atoms with Crippen molar-refractivity contribution < 1.29 is 27.4 Å². The first-order valence-corrected chi connectivity index (χ1v) is 13.4. The second-order valence-corrected chi connectivity index (χ2v) is 10.7. The molecule has 36 heavy (non-hydrogen) atoms. The molecule has 4 rings (SSSR count). The van der Waals surface area contributed by atoms with E-state index < -0.39 is 16.1 Å². The Kier molecular flexibility index (Phi) is 7.72. The van der Waals surface area contributed by atoms with Gasteiger partial charge in [0.15, 0.2) is 6.61 Å². The lowest BCUT2D eigenvalue weighted by atomic mass is 10.0. The molecule has 1 saturated heterocycles. The number of aliphatic hydroxyl groups is 1. The molecule has 2 atom stereocenters. The van der Waals surface area contributed by atoms with Crippen molar-refractivity contribution in [2.45, 2.75) is 18.6 Å². The minimum Gasteiger partial charge on any atom is -0.483 e. The molecule has 1 fully saturated rings. The molecule has 1 amide bonds. The van der Waals surface area contributed by atoms with Gasteiger partial charge in [0.2, 0.25) is 10.0 Å². The molecular formula is C25H29FN4O5S. The molecule has 1 aliphatic rings. The Morgan fingerprint density at radius 2 is 2.11 bits per heavy atom. The number of likely N-dealkylation sites (N-methyl/N-ethyl adjacent to an activating group) is 1. The largest absolute Gasteiger partial charge is 0.483 e. The Morgan fingerprint density at radius 1 is 1.31 bits per heavy atom. The van der Waals surface area contributed by atoms with Crippen LogP contribution in [0.2, 0.25) is 0 Å². The monoisotopic (exact) mass is 516 g/mol. The van der Waals surface area contributed by atoms with Gasteiger partial charge in [-0.2, -0.15) is 0 Å². The van der Waals surface area contributed by atoms with E-state index >= 15 is 0 Å². The summed E-state index contributed by atoms with van der Waals surface area (Å²) in [7, 11) is -1.84. The minimum absolute atomic E-state index is 0.252. The number of pyridine rings is 1. The minimum atomic E-state index is -3.50. The van der Waals surface area contributed by atoms with Crippen LogP contribution in [0.15, 0.2) is 54.7 Å². The van der Waals surface area contributed by atoms with E-state index in [0.29, 0.717) is 41.9 Å². The number of rotatable bonds is 9. The van der Waals surface area contributed by atoms with Crippen LogP contribution in [0.4, 0.5) is 10.1 Å². The van der Waals surface area contributed by atoms with Crippen LogP contribution in [0.5, 0.6) is 5.75 Å². The molecule has 0 unspecified atom stereocenters. The summed E-state index contributed by atoms with van der Waals surface area (Å²) in [6, 6.07) is 12.6. The highest BCUT2D eigenvalue weighted by Gasteiger charge is 2.30. The van der Waals surface area contributed by atoms with Crippen molar-refractivity contribution >= 4 is 32.5 Å². The summed E-state index contributed by atoms with van der Waals surface area (Å²) in [5, 5.41) is 10.6. The van der Waals surface area contributed by atoms with Gasteiger partial charge in [-0.15, -0.1) is 0 Å². The lowest BCUT2D eigenvalue weighted by Crippen LogP contribution is -2.40. The molecule has 3 aromatic rings. The predicted molar refractivity (Wildman–Crippen MR) is 135 cm³/mol. The van der Waals surface area contributed by atoms with E-state index in [-0.39, 0.29) is 30.9 Å². The number of ether oxygens (including phenoxy) is 1. The van der Waals surface area contributed by atoms with Crippen molar-refractivity contribution in [3.63, 3.8) is 0 Å². The topological polar surface area (TPSA) is 112 Å². The fraction of sp³-hybridized carbons (Fsp3) is 0.360. The number of aliphatic hydroxyl groups excluding tert-OH is 1. The van der Waals surface area contributed by atoms with Crippen LogP contribution in [-0.4, -0.2) is 79.9 Å². The first-order chi connectivity index (χ1) is 17.1. The van der Waals surface area contributed by atoms with Gasteiger partial charge in [-0.3, -0.25) is 19.4 Å². The maximum absolute atomic E-state index is 13.9. The Balaban J connectivity index is 1.48. The number of anilines is 1. The summed E-state index contributed by atoms with van der Waals surface area (Å²) in [6.07, 6.45) is 2.77. The number of nitrogens with zero attached hydrogens (tertiary/aromatic N) is 3. The second-order valence-electron chi connectivity index (χ2n) is 8.96. The average molecular weight is 517 g/mol. The van der Waals surface area contributed by atoms with Crippen LogP contribution in [-0.2, 0) is 14.8 Å². The predicted octanol–water partition coefficient (Wildman–Crippen LogP) is 2.39. The van der Waals surface area contributed by atoms with Crippen molar-refractivity contribution in [1.29, 1.82) is 0 Å². The number of hydrogen-bond acceptors (Lipinski definition) is 7. The van der Waals surface area contributed by atoms with Gasteiger partial charge < -0.3 is 14.7 Å². The van der Waals surface area contributed by atoms with Crippen LogP contribution in [0.1, 0.15) is 18.0 Å². The molecule has 192 valence electrons. The molecule has 2 N–H and O–H groups in total. The van der Waals surface area contributed by atoms with Gasteiger partial charge in [-0.25, -0.2) is 12.8 Å². The number of β-amino-alcohol motifs (C(OH)–C–C–N with tert-alkyl or cyclic N) is 1. The number of hydrogen-bond donors (Lipinski definition) is 2. The number of likely N-dealkylation sites (tertiary alicyclic amines) is 1. The molecule has 0 spiro atoms. The quantitative estimate of drug-likeness (QED) is 0.449. The Labute approximate surface area is 209 Å². The van der Waals surface area contributed by atoms with E-state index in [9.17, 15) is 22.7 Å². The summed E-state index contributed by atoms with van der Waals surface area (Å²) in [5.41, 5.74) is 1.45. The van der Waals surface area contributed by atoms with Gasteiger partial charge in [0, 0.05) is 38.3 Å². The number of sulfonamides is 1. The third-order valence-corrected chi connectivity index (χ3v) is 6.71.